The van der Waals surface area contributed by atoms with Crippen LogP contribution in [0.25, 0.3) is 0 Å². The predicted molar refractivity (Wildman–Crippen MR) is 122 cm³/mol. The summed E-state index contributed by atoms with van der Waals surface area (Å²) >= 11 is 17.9. The average molecular weight is 494 g/mol. The zero-order chi connectivity index (χ0) is 23.3. The summed E-state index contributed by atoms with van der Waals surface area (Å²) in [5, 5.41) is 0.596. The molecule has 0 bridgehead atoms. The molecule has 2 rings (SSSR count). The van der Waals surface area contributed by atoms with E-state index in [-0.39, 0.29) is 57.9 Å². The summed E-state index contributed by atoms with van der Waals surface area (Å²) in [7, 11) is 1.45. The molecule has 1 amide bonds. The van der Waals surface area contributed by atoms with Crippen LogP contribution in [0.5, 0.6) is 5.75 Å². The molecule has 2 aromatic rings. The molecule has 0 unspecified atom stereocenters. The quantitative estimate of drug-likeness (QED) is 0.518. The molecule has 3 N–H and O–H groups in total. The van der Waals surface area contributed by atoms with Gasteiger partial charge < -0.3 is 15.2 Å². The summed E-state index contributed by atoms with van der Waals surface area (Å²) in [6.45, 7) is 3.67. The Labute approximate surface area is 193 Å². The Hall–Kier alpha value is -2.20. The number of carbonyl (C=O) groups excluding carboxylic acids is 1. The predicted octanol–water partition coefficient (Wildman–Crippen LogP) is 2.79. The van der Waals surface area contributed by atoms with Gasteiger partial charge in [-0.1, -0.05) is 48.7 Å². The second-order valence-electron chi connectivity index (χ2n) is 7.02. The van der Waals surface area contributed by atoms with Gasteiger partial charge >= 0.3 is 5.69 Å². The summed E-state index contributed by atoms with van der Waals surface area (Å²) in [4.78, 5) is 41.0. The van der Waals surface area contributed by atoms with Gasteiger partial charge in [-0.15, -0.1) is 0 Å². The number of hydrogen-bond donors (Lipinski definition) is 2. The number of rotatable bonds is 9. The largest absolute Gasteiger partial charge is 0.482 e. The van der Waals surface area contributed by atoms with Crippen molar-refractivity contribution < 1.29 is 14.3 Å². The van der Waals surface area contributed by atoms with E-state index in [9.17, 15) is 14.4 Å². The zero-order valence-corrected chi connectivity index (χ0v) is 19.5. The van der Waals surface area contributed by atoms with Crippen molar-refractivity contribution in [2.75, 3.05) is 37.5 Å². The number of benzene rings is 1. The Morgan fingerprint density at radius 3 is 2.45 bits per heavy atom. The topological polar surface area (TPSA) is 120 Å². The van der Waals surface area contributed by atoms with Gasteiger partial charge in [-0.2, -0.15) is 0 Å². The Balaban J connectivity index is 2.39. The van der Waals surface area contributed by atoms with Crippen LogP contribution < -0.4 is 26.6 Å². The van der Waals surface area contributed by atoms with E-state index in [0.717, 1.165) is 4.90 Å². The van der Waals surface area contributed by atoms with Gasteiger partial charge in [-0.3, -0.25) is 24.0 Å². The number of nitrogens with zero attached hydrogens (tertiary/aromatic N) is 2. The van der Waals surface area contributed by atoms with Crippen molar-refractivity contribution in [2.45, 2.75) is 20.4 Å². The number of aromatic amines is 1. The molecule has 0 aliphatic carbocycles. The number of halogens is 3. The van der Waals surface area contributed by atoms with Gasteiger partial charge in [0.05, 0.1) is 21.7 Å². The number of aromatic nitrogens is 2. The molecule has 0 spiro atoms. The third-order valence-corrected chi connectivity index (χ3v) is 5.20. The third kappa shape index (κ3) is 6.16. The molecule has 12 heteroatoms. The van der Waals surface area contributed by atoms with Gasteiger partial charge in [0.1, 0.15) is 11.6 Å². The first-order valence-electron chi connectivity index (χ1n) is 9.26. The Bertz CT molecular complexity index is 1070. The highest BCUT2D eigenvalue weighted by Gasteiger charge is 2.25. The summed E-state index contributed by atoms with van der Waals surface area (Å²) < 4.78 is 11.7. The molecule has 0 atom stereocenters. The molecule has 0 saturated carbocycles. The van der Waals surface area contributed by atoms with Crippen molar-refractivity contribution in [3.63, 3.8) is 0 Å². The SMILES string of the molecule is COCCN(C(=O)COc1cc(Cl)c(Cl)cc1Cl)c1c(N)n(CC(C)C)c(=O)[nH]c1=O. The first kappa shape index (κ1) is 25.1. The van der Waals surface area contributed by atoms with Crippen molar-refractivity contribution in [1.29, 1.82) is 0 Å². The highest BCUT2D eigenvalue weighted by atomic mass is 35.5. The normalized spacial score (nSPS) is 11.1. The van der Waals surface area contributed by atoms with E-state index in [1.165, 1.54) is 23.8 Å². The van der Waals surface area contributed by atoms with E-state index in [0.29, 0.717) is 0 Å². The van der Waals surface area contributed by atoms with Crippen LogP contribution in [0.4, 0.5) is 11.5 Å². The molecular weight excluding hydrogens is 471 g/mol. The third-order valence-electron chi connectivity index (χ3n) is 4.18. The molecule has 1 heterocycles. The van der Waals surface area contributed by atoms with E-state index in [1.54, 1.807) is 0 Å². The van der Waals surface area contributed by atoms with Gasteiger partial charge in [-0.25, -0.2) is 4.79 Å². The minimum absolute atomic E-state index is 0.000954. The van der Waals surface area contributed by atoms with Crippen molar-refractivity contribution in [3.8, 4) is 5.75 Å². The fraction of sp³-hybridized carbons (Fsp3) is 0.421. The first-order valence-corrected chi connectivity index (χ1v) is 10.4. The smallest absolute Gasteiger partial charge is 0.330 e. The molecule has 0 saturated heterocycles. The van der Waals surface area contributed by atoms with E-state index in [4.69, 9.17) is 50.0 Å². The average Bonchev–Trinajstić information content (AvgIpc) is 2.68. The summed E-state index contributed by atoms with van der Waals surface area (Å²) in [5.41, 5.74) is 4.52. The highest BCUT2D eigenvalue weighted by Crippen LogP contribution is 2.33. The number of amides is 1. The number of methoxy groups -OCH3 is 1. The summed E-state index contributed by atoms with van der Waals surface area (Å²) in [6, 6.07) is 2.77. The monoisotopic (exact) mass is 492 g/mol. The van der Waals surface area contributed by atoms with Crippen molar-refractivity contribution in [3.05, 3.63) is 48.0 Å². The number of nitrogens with two attached hydrogens (primary N) is 1. The van der Waals surface area contributed by atoms with Crippen molar-refractivity contribution >= 4 is 52.2 Å². The number of hydrogen-bond acceptors (Lipinski definition) is 6. The molecular formula is C19H23Cl3N4O5. The Morgan fingerprint density at radius 2 is 1.84 bits per heavy atom. The summed E-state index contributed by atoms with van der Waals surface area (Å²) in [6.07, 6.45) is 0. The lowest BCUT2D eigenvalue weighted by molar-refractivity contribution is -0.120. The molecule has 1 aromatic heterocycles. The van der Waals surface area contributed by atoms with Gasteiger partial charge in [0.15, 0.2) is 12.3 Å². The number of anilines is 2. The lowest BCUT2D eigenvalue weighted by Crippen LogP contribution is -2.44. The highest BCUT2D eigenvalue weighted by molar-refractivity contribution is 6.43. The molecule has 0 fully saturated rings. The van der Waals surface area contributed by atoms with Crippen LogP contribution in [0.2, 0.25) is 15.1 Å². The van der Waals surface area contributed by atoms with E-state index in [1.807, 2.05) is 13.8 Å². The van der Waals surface area contributed by atoms with Crippen LogP contribution in [0, 0.1) is 5.92 Å². The maximum atomic E-state index is 13.0. The second-order valence-corrected chi connectivity index (χ2v) is 8.24. The lowest BCUT2D eigenvalue weighted by atomic mass is 10.2. The minimum atomic E-state index is -0.792. The fourth-order valence-corrected chi connectivity index (χ4v) is 3.35. The van der Waals surface area contributed by atoms with Crippen molar-refractivity contribution in [1.82, 2.24) is 9.55 Å². The standard InChI is InChI=1S/C19H23Cl3N4O5/c1-10(2)8-26-17(23)16(18(28)24-19(26)29)25(4-5-30-3)15(27)9-31-14-7-12(21)11(20)6-13(14)22/h6-7,10H,4-5,8-9,23H2,1-3H3,(H,24,28,29). The number of nitrogens with one attached hydrogen (secondary N) is 1. The number of carbonyl (C=O) groups is 1. The van der Waals surface area contributed by atoms with Crippen LogP contribution in [-0.4, -0.2) is 42.3 Å². The minimum Gasteiger partial charge on any atom is -0.482 e. The first-order chi connectivity index (χ1) is 14.6. The molecule has 0 radical (unpaired) electrons. The summed E-state index contributed by atoms with van der Waals surface area (Å²) in [5.74, 6) is -0.518. The zero-order valence-electron chi connectivity index (χ0n) is 17.2. The van der Waals surface area contributed by atoms with Crippen LogP contribution in [-0.2, 0) is 16.1 Å². The second kappa shape index (κ2) is 10.9. The van der Waals surface area contributed by atoms with Crippen LogP contribution >= 0.6 is 34.8 Å². The van der Waals surface area contributed by atoms with E-state index < -0.39 is 23.8 Å². The molecule has 1 aromatic carbocycles. The van der Waals surface area contributed by atoms with Crippen LogP contribution in [0.1, 0.15) is 13.8 Å². The molecule has 9 nitrogen and oxygen atoms in total. The molecule has 170 valence electrons. The number of H-pyrrole nitrogens is 1. The van der Waals surface area contributed by atoms with Gasteiger partial charge in [0, 0.05) is 26.3 Å². The van der Waals surface area contributed by atoms with E-state index in [2.05, 4.69) is 4.98 Å². The Kier molecular flexibility index (Phi) is 8.81. The number of ether oxygens (including phenoxy) is 2. The van der Waals surface area contributed by atoms with Gasteiger partial charge in [0.2, 0.25) is 0 Å². The van der Waals surface area contributed by atoms with E-state index >= 15 is 0 Å². The van der Waals surface area contributed by atoms with Gasteiger partial charge in [-0.05, 0) is 12.0 Å². The fourth-order valence-electron chi connectivity index (χ4n) is 2.76. The van der Waals surface area contributed by atoms with Crippen LogP contribution in [0.15, 0.2) is 21.7 Å². The lowest BCUT2D eigenvalue weighted by Gasteiger charge is -2.24. The molecule has 31 heavy (non-hydrogen) atoms. The van der Waals surface area contributed by atoms with Crippen molar-refractivity contribution in [2.24, 2.45) is 5.92 Å². The molecule has 0 aliphatic rings. The maximum Gasteiger partial charge on any atom is 0.330 e. The maximum absolute atomic E-state index is 13.0. The number of nitrogen functional groups attached to an aromatic ring is 1. The Morgan fingerprint density at radius 1 is 1.19 bits per heavy atom. The van der Waals surface area contributed by atoms with Crippen LogP contribution in [0.3, 0.4) is 0 Å². The molecule has 0 aliphatic heterocycles. The van der Waals surface area contributed by atoms with Gasteiger partial charge in [0.25, 0.3) is 11.5 Å².